The van der Waals surface area contributed by atoms with Crippen LogP contribution >= 0.6 is 11.6 Å². The van der Waals surface area contributed by atoms with Crippen molar-refractivity contribution >= 4 is 34.2 Å². The highest BCUT2D eigenvalue weighted by Crippen LogP contribution is 2.35. The number of nitrogens with one attached hydrogen (secondary N) is 1. The van der Waals surface area contributed by atoms with Gasteiger partial charge in [0.1, 0.15) is 16.9 Å². The van der Waals surface area contributed by atoms with Gasteiger partial charge in [0.05, 0.1) is 24.8 Å². The summed E-state index contributed by atoms with van der Waals surface area (Å²) in [5.41, 5.74) is 1.24. The number of anilines is 1. The first-order valence-electron chi connectivity index (χ1n) is 13.4. The van der Waals surface area contributed by atoms with Crippen LogP contribution in [0.2, 0.25) is 5.02 Å². The van der Waals surface area contributed by atoms with Crippen LogP contribution in [0.5, 0.6) is 23.1 Å². The van der Waals surface area contributed by atoms with E-state index >= 15 is 4.39 Å². The molecule has 226 valence electrons. The van der Waals surface area contributed by atoms with Gasteiger partial charge in [-0.15, -0.1) is 0 Å². The summed E-state index contributed by atoms with van der Waals surface area (Å²) in [5, 5.41) is 2.43. The molecule has 1 amide bonds. The molecule has 9 nitrogen and oxygen atoms in total. The summed E-state index contributed by atoms with van der Waals surface area (Å²) in [6.45, 7) is 5.52. The Labute approximate surface area is 256 Å². The van der Waals surface area contributed by atoms with Crippen LogP contribution in [0.1, 0.15) is 35.9 Å². The Bertz CT molecular complexity index is 1980. The zero-order valence-electron chi connectivity index (χ0n) is 24.4. The summed E-state index contributed by atoms with van der Waals surface area (Å²) in [7, 11) is 2.91. The molecule has 3 aromatic heterocycles. The minimum absolute atomic E-state index is 0.0893. The molecule has 0 saturated carbocycles. The number of methoxy groups -OCH3 is 2. The van der Waals surface area contributed by atoms with E-state index in [-0.39, 0.29) is 45.3 Å². The van der Waals surface area contributed by atoms with Gasteiger partial charge in [0.15, 0.2) is 23.1 Å². The van der Waals surface area contributed by atoms with Crippen molar-refractivity contribution in [3.8, 4) is 34.3 Å². The van der Waals surface area contributed by atoms with Gasteiger partial charge in [0, 0.05) is 53.6 Å². The van der Waals surface area contributed by atoms with Crippen molar-refractivity contribution in [3.05, 3.63) is 99.1 Å². The molecule has 5 rings (SSSR count). The molecule has 0 aliphatic carbocycles. The van der Waals surface area contributed by atoms with Crippen molar-refractivity contribution in [2.75, 3.05) is 19.5 Å². The maximum Gasteiger partial charge on any atom is 0.261 e. The average molecular weight is 621 g/mol. The second-order valence-corrected chi connectivity index (χ2v) is 10.4. The van der Waals surface area contributed by atoms with Gasteiger partial charge < -0.3 is 24.1 Å². The SMILES string of the molecule is COc1cc2nccc(Oc3ccc(NC(=O)c4cn(C(C)C)c(C)c(-c5ccc(F)c(Cl)c5)c4=O)cc3F)c2nc1OC. The number of carbonyl (C=O) groups excluding carboxylic acids is 1. The van der Waals surface area contributed by atoms with Gasteiger partial charge in [0.25, 0.3) is 11.8 Å². The number of hydrogen-bond acceptors (Lipinski definition) is 7. The first-order valence-corrected chi connectivity index (χ1v) is 13.8. The number of hydrogen-bond donors (Lipinski definition) is 1. The van der Waals surface area contributed by atoms with E-state index in [9.17, 15) is 14.0 Å². The molecule has 2 aromatic carbocycles. The van der Waals surface area contributed by atoms with Crippen LogP contribution in [0, 0.1) is 18.6 Å². The highest BCUT2D eigenvalue weighted by molar-refractivity contribution is 6.31. The molecule has 0 spiro atoms. The summed E-state index contributed by atoms with van der Waals surface area (Å²) < 4.78 is 47.2. The van der Waals surface area contributed by atoms with Gasteiger partial charge in [-0.2, -0.15) is 0 Å². The zero-order chi connectivity index (χ0) is 31.7. The minimum Gasteiger partial charge on any atom is -0.491 e. The van der Waals surface area contributed by atoms with Gasteiger partial charge in [-0.05, 0) is 50.6 Å². The lowest BCUT2D eigenvalue weighted by Gasteiger charge is -2.20. The predicted octanol–water partition coefficient (Wildman–Crippen LogP) is 7.34. The third-order valence-corrected chi connectivity index (χ3v) is 7.22. The molecule has 0 aliphatic rings. The molecule has 5 aromatic rings. The number of halogens is 3. The van der Waals surface area contributed by atoms with Crippen molar-refractivity contribution in [3.63, 3.8) is 0 Å². The molecule has 1 N–H and O–H groups in total. The normalized spacial score (nSPS) is 11.1. The van der Waals surface area contributed by atoms with Crippen molar-refractivity contribution < 1.29 is 27.8 Å². The maximum atomic E-state index is 15.2. The van der Waals surface area contributed by atoms with Crippen LogP contribution in [0.25, 0.3) is 22.2 Å². The second-order valence-electron chi connectivity index (χ2n) is 10.0. The van der Waals surface area contributed by atoms with E-state index in [1.807, 2.05) is 13.8 Å². The molecule has 44 heavy (non-hydrogen) atoms. The third kappa shape index (κ3) is 5.78. The quantitative estimate of drug-likeness (QED) is 0.193. The fourth-order valence-corrected chi connectivity index (χ4v) is 4.96. The maximum absolute atomic E-state index is 15.2. The lowest BCUT2D eigenvalue weighted by molar-refractivity contribution is 0.102. The molecule has 3 heterocycles. The topological polar surface area (TPSA) is 105 Å². The summed E-state index contributed by atoms with van der Waals surface area (Å²) in [4.78, 5) is 35.6. The van der Waals surface area contributed by atoms with E-state index in [1.165, 1.54) is 56.9 Å². The molecule has 0 aliphatic heterocycles. The lowest BCUT2D eigenvalue weighted by Crippen LogP contribution is -2.27. The number of aromatic nitrogens is 3. The second kappa shape index (κ2) is 12.3. The standard InChI is InChI=1S/C32H27ClF2N4O5/c1-16(2)39-15-20(30(40)28(17(39)3)18-6-8-22(34)21(33)12-18)31(41)37-19-7-9-25(23(35)13-19)44-26-10-11-36-24-14-27(42-4)32(43-5)38-29(24)26/h6-16H,1-5H3,(H,37,41). The Morgan fingerprint density at radius 2 is 1.75 bits per heavy atom. The van der Waals surface area contributed by atoms with Crippen molar-refractivity contribution in [2.24, 2.45) is 0 Å². The van der Waals surface area contributed by atoms with Gasteiger partial charge in [-0.3, -0.25) is 14.6 Å². The largest absolute Gasteiger partial charge is 0.491 e. The molecule has 12 heteroatoms. The molecule has 0 bridgehead atoms. The average Bonchev–Trinajstić information content (AvgIpc) is 2.99. The van der Waals surface area contributed by atoms with Gasteiger partial charge in [-0.25, -0.2) is 13.8 Å². The number of ether oxygens (including phenoxy) is 3. The number of fused-ring (bicyclic) bond motifs is 1. The molecule has 0 unspecified atom stereocenters. The van der Waals surface area contributed by atoms with E-state index < -0.39 is 23.0 Å². The number of benzene rings is 2. The summed E-state index contributed by atoms with van der Waals surface area (Å²) in [6, 6.07) is 10.8. The Kier molecular flexibility index (Phi) is 8.50. The zero-order valence-corrected chi connectivity index (χ0v) is 25.1. The fraction of sp³-hybridized carbons (Fsp3) is 0.188. The highest BCUT2D eigenvalue weighted by atomic mass is 35.5. The van der Waals surface area contributed by atoms with Crippen LogP contribution < -0.4 is 25.0 Å². The van der Waals surface area contributed by atoms with Crippen LogP contribution in [0.15, 0.2) is 65.7 Å². The molecule has 0 saturated heterocycles. The monoisotopic (exact) mass is 620 g/mol. The Hall–Kier alpha value is -5.03. The molecular formula is C32H27ClF2N4O5. The number of rotatable bonds is 8. The van der Waals surface area contributed by atoms with Crippen molar-refractivity contribution in [1.29, 1.82) is 0 Å². The van der Waals surface area contributed by atoms with Gasteiger partial charge >= 0.3 is 0 Å². The summed E-state index contributed by atoms with van der Waals surface area (Å²) >= 11 is 5.99. The molecule has 0 radical (unpaired) electrons. The third-order valence-electron chi connectivity index (χ3n) is 6.93. The first-order chi connectivity index (χ1) is 21.0. The Morgan fingerprint density at radius 1 is 0.977 bits per heavy atom. The number of carbonyl (C=O) groups is 1. The van der Waals surface area contributed by atoms with Crippen molar-refractivity contribution in [1.82, 2.24) is 14.5 Å². The van der Waals surface area contributed by atoms with Gasteiger partial charge in [0.2, 0.25) is 5.43 Å². The summed E-state index contributed by atoms with van der Waals surface area (Å²) in [6.07, 6.45) is 2.93. The van der Waals surface area contributed by atoms with Gasteiger partial charge in [-0.1, -0.05) is 17.7 Å². The van der Waals surface area contributed by atoms with E-state index in [1.54, 1.807) is 17.6 Å². The van der Waals surface area contributed by atoms with E-state index in [4.69, 9.17) is 25.8 Å². The predicted molar refractivity (Wildman–Crippen MR) is 163 cm³/mol. The minimum atomic E-state index is -0.779. The molecule has 0 atom stereocenters. The van der Waals surface area contributed by atoms with E-state index in [2.05, 4.69) is 15.3 Å². The van der Waals surface area contributed by atoms with Crippen LogP contribution in [-0.2, 0) is 0 Å². The Morgan fingerprint density at radius 3 is 2.41 bits per heavy atom. The first kappa shape index (κ1) is 30.4. The number of nitrogens with zero attached hydrogens (tertiary/aromatic N) is 3. The highest BCUT2D eigenvalue weighted by Gasteiger charge is 2.22. The number of amides is 1. The Balaban J connectivity index is 1.46. The number of pyridine rings is 3. The smallest absolute Gasteiger partial charge is 0.261 e. The van der Waals surface area contributed by atoms with E-state index in [0.29, 0.717) is 28.0 Å². The molecular weight excluding hydrogens is 594 g/mol. The van der Waals surface area contributed by atoms with E-state index in [0.717, 1.165) is 12.1 Å². The van der Waals surface area contributed by atoms with Crippen LogP contribution in [0.3, 0.4) is 0 Å². The fourth-order valence-electron chi connectivity index (χ4n) is 4.78. The summed E-state index contributed by atoms with van der Waals surface area (Å²) in [5.74, 6) is -1.51. The van der Waals surface area contributed by atoms with Crippen LogP contribution in [-0.4, -0.2) is 34.7 Å². The van der Waals surface area contributed by atoms with Crippen LogP contribution in [0.4, 0.5) is 14.5 Å². The molecule has 0 fully saturated rings. The lowest BCUT2D eigenvalue weighted by atomic mass is 10.00. The van der Waals surface area contributed by atoms with Crippen molar-refractivity contribution in [2.45, 2.75) is 26.8 Å².